The zero-order chi connectivity index (χ0) is 19.9. The van der Waals surface area contributed by atoms with Crippen LogP contribution in [0, 0.1) is 6.92 Å². The first-order chi connectivity index (χ1) is 12.9. The van der Waals surface area contributed by atoms with E-state index >= 15 is 0 Å². The topological polar surface area (TPSA) is 73.8 Å². The Hall–Kier alpha value is -0.870. The van der Waals surface area contributed by atoms with Crippen molar-refractivity contribution >= 4 is 40.0 Å². The van der Waals surface area contributed by atoms with Crippen LogP contribution < -0.4 is 10.6 Å². The maximum atomic E-state index is 12.2. The number of rotatable bonds is 7. The second kappa shape index (κ2) is 12.0. The molecule has 1 aliphatic heterocycles. The Morgan fingerprint density at radius 1 is 1.32 bits per heavy atom. The Kier molecular flexibility index (Phi) is 10.8. The van der Waals surface area contributed by atoms with Crippen LogP contribution in [0.25, 0.3) is 0 Å². The number of aliphatic imine (C=N–C) groups is 1. The summed E-state index contributed by atoms with van der Waals surface area (Å²) in [7, 11) is -1.32. The number of halogens is 1. The molecular weight excluding hydrogens is 487 g/mol. The Labute approximate surface area is 187 Å². The summed E-state index contributed by atoms with van der Waals surface area (Å²) < 4.78 is 26.0. The highest BCUT2D eigenvalue weighted by molar-refractivity contribution is 14.0. The van der Waals surface area contributed by atoms with Crippen molar-refractivity contribution in [3.05, 3.63) is 35.4 Å². The minimum atomic E-state index is -3.09. The minimum Gasteiger partial charge on any atom is -0.356 e. The van der Waals surface area contributed by atoms with E-state index in [2.05, 4.69) is 53.7 Å². The second-order valence-corrected chi connectivity index (χ2v) is 9.49. The summed E-state index contributed by atoms with van der Waals surface area (Å²) >= 11 is 0. The lowest BCUT2D eigenvalue weighted by Crippen LogP contribution is -2.50. The number of hydrogen-bond acceptors (Lipinski definition) is 3. The van der Waals surface area contributed by atoms with Crippen molar-refractivity contribution in [2.24, 2.45) is 4.99 Å². The predicted octanol–water partition coefficient (Wildman–Crippen LogP) is 3.09. The Balaban J connectivity index is 0.00000392. The summed E-state index contributed by atoms with van der Waals surface area (Å²) in [5, 5.41) is 6.85. The van der Waals surface area contributed by atoms with Gasteiger partial charge in [0.05, 0.1) is 5.75 Å². The smallest absolute Gasteiger partial charge is 0.214 e. The van der Waals surface area contributed by atoms with Crippen LogP contribution in [0.4, 0.5) is 0 Å². The van der Waals surface area contributed by atoms with Gasteiger partial charge in [-0.05, 0) is 37.7 Å². The zero-order valence-corrected chi connectivity index (χ0v) is 20.6. The molecular formula is C20H35IN4O2S. The van der Waals surface area contributed by atoms with Crippen LogP contribution in [-0.2, 0) is 10.0 Å². The molecule has 28 heavy (non-hydrogen) atoms. The van der Waals surface area contributed by atoms with E-state index in [4.69, 9.17) is 0 Å². The third kappa shape index (κ3) is 7.51. The van der Waals surface area contributed by atoms with Crippen molar-refractivity contribution < 1.29 is 8.42 Å². The van der Waals surface area contributed by atoms with Crippen molar-refractivity contribution in [2.75, 3.05) is 32.4 Å². The molecule has 1 aromatic rings. The number of sulfonamides is 1. The molecule has 1 aliphatic rings. The minimum absolute atomic E-state index is 0. The van der Waals surface area contributed by atoms with Gasteiger partial charge in [0.2, 0.25) is 10.0 Å². The molecule has 6 nitrogen and oxygen atoms in total. The standard InChI is InChI=1S/C20H34N4O2S.HI/c1-5-13-27(25,26)24-11-9-19(10-12-24)23-20(21-4)22-15-17(3)18-8-6-7-16(2)14-18;/h6-8,14,17,19H,5,9-13,15H2,1-4H3,(H2,21,22,23);1H. The van der Waals surface area contributed by atoms with Gasteiger partial charge in [-0.25, -0.2) is 12.7 Å². The molecule has 0 radical (unpaired) electrons. The molecule has 160 valence electrons. The molecule has 1 unspecified atom stereocenters. The number of benzene rings is 1. The second-order valence-electron chi connectivity index (χ2n) is 7.40. The Morgan fingerprint density at radius 2 is 2.00 bits per heavy atom. The predicted molar refractivity (Wildman–Crippen MR) is 128 cm³/mol. The number of nitrogens with one attached hydrogen (secondary N) is 2. The lowest BCUT2D eigenvalue weighted by molar-refractivity contribution is 0.306. The van der Waals surface area contributed by atoms with Crippen LogP contribution in [0.2, 0.25) is 0 Å². The third-order valence-corrected chi connectivity index (χ3v) is 7.14. The summed E-state index contributed by atoms with van der Waals surface area (Å²) in [5.74, 6) is 1.40. The van der Waals surface area contributed by atoms with Gasteiger partial charge in [0.15, 0.2) is 5.96 Å². The van der Waals surface area contributed by atoms with Gasteiger partial charge < -0.3 is 10.6 Å². The average molecular weight is 522 g/mol. The summed E-state index contributed by atoms with van der Waals surface area (Å²) in [4.78, 5) is 4.33. The van der Waals surface area contributed by atoms with Crippen LogP contribution in [-0.4, -0.2) is 57.2 Å². The van der Waals surface area contributed by atoms with Crippen molar-refractivity contribution in [3.63, 3.8) is 0 Å². The zero-order valence-electron chi connectivity index (χ0n) is 17.4. The monoisotopic (exact) mass is 522 g/mol. The molecule has 0 spiro atoms. The van der Waals surface area contributed by atoms with Crippen molar-refractivity contribution in [1.82, 2.24) is 14.9 Å². The van der Waals surface area contributed by atoms with E-state index in [1.165, 1.54) is 11.1 Å². The molecule has 1 aromatic carbocycles. The summed E-state index contributed by atoms with van der Waals surface area (Å²) in [6.45, 7) is 8.17. The van der Waals surface area contributed by atoms with E-state index in [-0.39, 0.29) is 35.8 Å². The number of nitrogens with zero attached hydrogens (tertiary/aromatic N) is 2. The van der Waals surface area contributed by atoms with Gasteiger partial charge in [-0.15, -0.1) is 24.0 Å². The van der Waals surface area contributed by atoms with Gasteiger partial charge >= 0.3 is 0 Å². The largest absolute Gasteiger partial charge is 0.356 e. The van der Waals surface area contributed by atoms with E-state index in [0.29, 0.717) is 25.4 Å². The van der Waals surface area contributed by atoms with Gasteiger partial charge in [0, 0.05) is 32.7 Å². The highest BCUT2D eigenvalue weighted by Crippen LogP contribution is 2.16. The van der Waals surface area contributed by atoms with Gasteiger partial charge in [0.25, 0.3) is 0 Å². The molecule has 1 fully saturated rings. The molecule has 2 N–H and O–H groups in total. The molecule has 0 amide bonds. The van der Waals surface area contributed by atoms with Crippen LogP contribution in [0.5, 0.6) is 0 Å². The molecule has 1 heterocycles. The molecule has 2 rings (SSSR count). The van der Waals surface area contributed by atoms with E-state index < -0.39 is 10.0 Å². The molecule has 8 heteroatoms. The molecule has 1 atom stereocenters. The van der Waals surface area contributed by atoms with Crippen LogP contribution >= 0.6 is 24.0 Å². The SMILES string of the molecule is CCCS(=O)(=O)N1CCC(NC(=NC)NCC(C)c2cccc(C)c2)CC1.I. The quantitative estimate of drug-likeness (QED) is 0.328. The maximum Gasteiger partial charge on any atom is 0.214 e. The Morgan fingerprint density at radius 3 is 2.57 bits per heavy atom. The van der Waals surface area contributed by atoms with Crippen molar-refractivity contribution in [1.29, 1.82) is 0 Å². The number of aryl methyl sites for hydroxylation is 1. The highest BCUT2D eigenvalue weighted by Gasteiger charge is 2.27. The highest BCUT2D eigenvalue weighted by atomic mass is 127. The van der Waals surface area contributed by atoms with Crippen LogP contribution in [0.3, 0.4) is 0 Å². The van der Waals surface area contributed by atoms with E-state index in [9.17, 15) is 8.42 Å². The molecule has 1 saturated heterocycles. The number of hydrogen-bond donors (Lipinski definition) is 2. The summed E-state index contributed by atoms with van der Waals surface area (Å²) in [5.41, 5.74) is 2.58. The fourth-order valence-corrected chi connectivity index (χ4v) is 4.94. The number of guanidine groups is 1. The molecule has 0 saturated carbocycles. The van der Waals surface area contributed by atoms with Crippen molar-refractivity contribution in [3.8, 4) is 0 Å². The molecule has 0 aliphatic carbocycles. The average Bonchev–Trinajstić information content (AvgIpc) is 2.65. The van der Waals surface area contributed by atoms with Crippen molar-refractivity contribution in [2.45, 2.75) is 52.0 Å². The van der Waals surface area contributed by atoms with Gasteiger partial charge in [-0.2, -0.15) is 0 Å². The third-order valence-electron chi connectivity index (χ3n) is 5.06. The fraction of sp³-hybridized carbons (Fsp3) is 0.650. The normalized spacial score (nSPS) is 17.6. The Bertz CT molecular complexity index is 731. The summed E-state index contributed by atoms with van der Waals surface area (Å²) in [6, 6.07) is 8.82. The first-order valence-corrected chi connectivity index (χ1v) is 11.5. The van der Waals surface area contributed by atoms with Crippen LogP contribution in [0.15, 0.2) is 29.3 Å². The van der Waals surface area contributed by atoms with Crippen LogP contribution in [0.1, 0.15) is 50.2 Å². The maximum absolute atomic E-state index is 12.2. The molecule has 0 bridgehead atoms. The van der Waals surface area contributed by atoms with Gasteiger partial charge in [-0.1, -0.05) is 43.7 Å². The van der Waals surface area contributed by atoms with Gasteiger partial charge in [0.1, 0.15) is 0 Å². The first kappa shape index (κ1) is 25.2. The number of piperidine rings is 1. The first-order valence-electron chi connectivity index (χ1n) is 9.87. The lowest BCUT2D eigenvalue weighted by Gasteiger charge is -2.32. The fourth-order valence-electron chi connectivity index (χ4n) is 3.40. The molecule has 0 aromatic heterocycles. The van der Waals surface area contributed by atoms with E-state index in [1.54, 1.807) is 11.4 Å². The lowest BCUT2D eigenvalue weighted by atomic mass is 9.99. The van der Waals surface area contributed by atoms with E-state index in [0.717, 1.165) is 25.3 Å². The summed E-state index contributed by atoms with van der Waals surface area (Å²) in [6.07, 6.45) is 2.27. The van der Waals surface area contributed by atoms with E-state index in [1.807, 2.05) is 6.92 Å². The van der Waals surface area contributed by atoms with Gasteiger partial charge in [-0.3, -0.25) is 4.99 Å².